The molecule has 23 heavy (non-hydrogen) atoms. The normalized spacial score (nSPS) is 11.9. The van der Waals surface area contributed by atoms with Crippen molar-refractivity contribution in [1.29, 1.82) is 0 Å². The van der Waals surface area contributed by atoms with Crippen LogP contribution in [0.2, 0.25) is 0 Å². The molecule has 116 valence electrons. The molecule has 0 aliphatic heterocycles. The topological polar surface area (TPSA) is 34.4 Å². The summed E-state index contributed by atoms with van der Waals surface area (Å²) >= 11 is 6.38. The smallest absolute Gasteiger partial charge is 0.258 e. The molecule has 3 aromatic rings. The molecular weight excluding hydrogens is 308 g/mol. The number of hydrogen-bond acceptors (Lipinski definition) is 2. The molecule has 0 aliphatic rings. The van der Waals surface area contributed by atoms with E-state index in [4.69, 9.17) is 11.6 Å². The lowest BCUT2D eigenvalue weighted by atomic mass is 10.1. The summed E-state index contributed by atoms with van der Waals surface area (Å²) in [5, 5.41) is 0.454. The summed E-state index contributed by atoms with van der Waals surface area (Å²) < 4.78 is 1.57. The lowest BCUT2D eigenvalue weighted by molar-refractivity contribution is 0.986. The minimum atomic E-state index is -0.129. The molecule has 0 atom stereocenters. The molecule has 4 heteroatoms. The summed E-state index contributed by atoms with van der Waals surface area (Å²) in [7, 11) is 0. The zero-order valence-electron chi connectivity index (χ0n) is 13.1. The Hall–Kier alpha value is -2.39. The standard InChI is InChI=1S/C19H17ClN2O/c1-3-14-7-9-15(10-8-14)11-16(20)17-12-19(23)22-13(2)5-4-6-18(22)21-17/h4-12H,3H2,1-2H3/b16-11-. The van der Waals surface area contributed by atoms with Crippen LogP contribution in [0.5, 0.6) is 0 Å². The van der Waals surface area contributed by atoms with E-state index in [1.165, 1.54) is 11.6 Å². The first-order chi connectivity index (χ1) is 11.1. The minimum Gasteiger partial charge on any atom is -0.269 e. The third-order valence-corrected chi connectivity index (χ3v) is 4.11. The van der Waals surface area contributed by atoms with Crippen LogP contribution in [-0.4, -0.2) is 9.38 Å². The highest BCUT2D eigenvalue weighted by atomic mass is 35.5. The van der Waals surface area contributed by atoms with E-state index in [0.717, 1.165) is 17.7 Å². The van der Waals surface area contributed by atoms with Crippen molar-refractivity contribution in [3.63, 3.8) is 0 Å². The van der Waals surface area contributed by atoms with Crippen LogP contribution in [0.1, 0.15) is 29.4 Å². The molecule has 0 amide bonds. The molecule has 0 unspecified atom stereocenters. The van der Waals surface area contributed by atoms with Crippen LogP contribution in [0.3, 0.4) is 0 Å². The van der Waals surface area contributed by atoms with Crippen molar-refractivity contribution in [3.05, 3.63) is 81.4 Å². The number of rotatable bonds is 3. The maximum absolute atomic E-state index is 12.3. The SMILES string of the molecule is CCc1ccc(/C=C(\Cl)c2cc(=O)n3c(C)cccc3n2)cc1. The van der Waals surface area contributed by atoms with E-state index in [1.807, 2.05) is 37.3 Å². The second-order valence-corrected chi connectivity index (χ2v) is 5.84. The first-order valence-electron chi connectivity index (χ1n) is 7.54. The van der Waals surface area contributed by atoms with Crippen LogP contribution in [0, 0.1) is 6.92 Å². The zero-order chi connectivity index (χ0) is 16.4. The number of nitrogens with zero attached hydrogens (tertiary/aromatic N) is 2. The Morgan fingerprint density at radius 2 is 1.96 bits per heavy atom. The van der Waals surface area contributed by atoms with Gasteiger partial charge in [0, 0.05) is 11.8 Å². The van der Waals surface area contributed by atoms with Gasteiger partial charge in [0.1, 0.15) is 5.65 Å². The van der Waals surface area contributed by atoms with Crippen molar-refractivity contribution in [2.75, 3.05) is 0 Å². The molecule has 0 saturated carbocycles. The Labute approximate surface area is 139 Å². The van der Waals surface area contributed by atoms with Crippen molar-refractivity contribution >= 4 is 28.4 Å². The summed E-state index contributed by atoms with van der Waals surface area (Å²) in [4.78, 5) is 16.8. The molecule has 0 aliphatic carbocycles. The van der Waals surface area contributed by atoms with Crippen molar-refractivity contribution in [2.24, 2.45) is 0 Å². The molecule has 2 heterocycles. The first-order valence-corrected chi connectivity index (χ1v) is 7.92. The quantitative estimate of drug-likeness (QED) is 0.719. The zero-order valence-corrected chi connectivity index (χ0v) is 13.8. The van der Waals surface area contributed by atoms with E-state index < -0.39 is 0 Å². The van der Waals surface area contributed by atoms with Gasteiger partial charge in [-0.3, -0.25) is 9.20 Å². The summed E-state index contributed by atoms with van der Waals surface area (Å²) in [5.74, 6) is 0. The summed E-state index contributed by atoms with van der Waals surface area (Å²) in [5.41, 5.74) is 4.06. The predicted molar refractivity (Wildman–Crippen MR) is 95.7 cm³/mol. The lowest BCUT2D eigenvalue weighted by Crippen LogP contribution is -2.16. The number of halogens is 1. The molecule has 0 radical (unpaired) electrons. The third kappa shape index (κ3) is 3.20. The summed E-state index contributed by atoms with van der Waals surface area (Å²) in [6.07, 6.45) is 2.83. The van der Waals surface area contributed by atoms with Crippen LogP contribution < -0.4 is 5.56 Å². The summed E-state index contributed by atoms with van der Waals surface area (Å²) in [6.45, 7) is 3.99. The molecule has 0 N–H and O–H groups in total. The van der Waals surface area contributed by atoms with Crippen molar-refractivity contribution in [2.45, 2.75) is 20.3 Å². The van der Waals surface area contributed by atoms with Gasteiger partial charge < -0.3 is 0 Å². The Kier molecular flexibility index (Phi) is 4.30. The maximum Gasteiger partial charge on any atom is 0.258 e. The Balaban J connectivity index is 2.05. The van der Waals surface area contributed by atoms with Gasteiger partial charge in [-0.05, 0) is 42.7 Å². The van der Waals surface area contributed by atoms with Gasteiger partial charge in [0.05, 0.1) is 10.7 Å². The second-order valence-electron chi connectivity index (χ2n) is 5.43. The van der Waals surface area contributed by atoms with E-state index >= 15 is 0 Å². The Morgan fingerprint density at radius 1 is 1.22 bits per heavy atom. The van der Waals surface area contributed by atoms with E-state index in [2.05, 4.69) is 24.0 Å². The predicted octanol–water partition coefficient (Wildman–Crippen LogP) is 4.30. The fraction of sp³-hybridized carbons (Fsp3) is 0.158. The molecule has 0 bridgehead atoms. The summed E-state index contributed by atoms with van der Waals surface area (Å²) in [6, 6.07) is 15.2. The van der Waals surface area contributed by atoms with Gasteiger partial charge in [0.15, 0.2) is 0 Å². The maximum atomic E-state index is 12.3. The first kappa shape index (κ1) is 15.5. The van der Waals surface area contributed by atoms with Crippen molar-refractivity contribution in [3.8, 4) is 0 Å². The molecular formula is C19H17ClN2O. The van der Waals surface area contributed by atoms with E-state index in [-0.39, 0.29) is 5.56 Å². The Bertz CT molecular complexity index is 940. The number of aromatic nitrogens is 2. The van der Waals surface area contributed by atoms with Gasteiger partial charge in [0.2, 0.25) is 0 Å². The van der Waals surface area contributed by atoms with E-state index in [1.54, 1.807) is 10.5 Å². The van der Waals surface area contributed by atoms with Crippen LogP contribution in [0.15, 0.2) is 53.3 Å². The van der Waals surface area contributed by atoms with Gasteiger partial charge in [-0.2, -0.15) is 0 Å². The molecule has 1 aromatic carbocycles. The molecule has 2 aromatic heterocycles. The highest BCUT2D eigenvalue weighted by Crippen LogP contribution is 2.20. The van der Waals surface area contributed by atoms with Gasteiger partial charge >= 0.3 is 0 Å². The van der Waals surface area contributed by atoms with Crippen LogP contribution in [-0.2, 0) is 6.42 Å². The van der Waals surface area contributed by atoms with Gasteiger partial charge in [-0.1, -0.05) is 48.9 Å². The van der Waals surface area contributed by atoms with E-state index in [9.17, 15) is 4.79 Å². The van der Waals surface area contributed by atoms with Crippen molar-refractivity contribution < 1.29 is 0 Å². The minimum absolute atomic E-state index is 0.129. The van der Waals surface area contributed by atoms with E-state index in [0.29, 0.717) is 16.4 Å². The van der Waals surface area contributed by atoms with Gasteiger partial charge in [-0.15, -0.1) is 0 Å². The van der Waals surface area contributed by atoms with Crippen LogP contribution in [0.25, 0.3) is 16.8 Å². The molecule has 0 spiro atoms. The average Bonchev–Trinajstić information content (AvgIpc) is 2.55. The molecule has 3 nitrogen and oxygen atoms in total. The van der Waals surface area contributed by atoms with Crippen molar-refractivity contribution in [1.82, 2.24) is 9.38 Å². The number of fused-ring (bicyclic) bond motifs is 1. The molecule has 0 saturated heterocycles. The molecule has 3 rings (SSSR count). The fourth-order valence-corrected chi connectivity index (χ4v) is 2.73. The Morgan fingerprint density at radius 3 is 2.65 bits per heavy atom. The lowest BCUT2D eigenvalue weighted by Gasteiger charge is -2.06. The molecule has 0 fully saturated rings. The highest BCUT2D eigenvalue weighted by molar-refractivity contribution is 6.51. The highest BCUT2D eigenvalue weighted by Gasteiger charge is 2.07. The second kappa shape index (κ2) is 6.39. The van der Waals surface area contributed by atoms with Crippen LogP contribution >= 0.6 is 11.6 Å². The van der Waals surface area contributed by atoms with Gasteiger partial charge in [0.25, 0.3) is 5.56 Å². The van der Waals surface area contributed by atoms with Gasteiger partial charge in [-0.25, -0.2) is 4.98 Å². The number of hydrogen-bond donors (Lipinski definition) is 0. The number of benzene rings is 1. The number of aryl methyl sites for hydroxylation is 2. The average molecular weight is 325 g/mol. The van der Waals surface area contributed by atoms with Crippen LogP contribution in [0.4, 0.5) is 0 Å². The third-order valence-electron chi connectivity index (χ3n) is 3.81. The largest absolute Gasteiger partial charge is 0.269 e. The number of pyridine rings is 1. The fourth-order valence-electron chi connectivity index (χ4n) is 2.51. The monoisotopic (exact) mass is 324 g/mol.